The maximum Gasteiger partial charge on any atom is 0.308 e. The van der Waals surface area contributed by atoms with E-state index in [0.717, 1.165) is 19.3 Å². The van der Waals surface area contributed by atoms with Gasteiger partial charge in [0.25, 0.3) is 0 Å². The molecule has 0 aromatic heterocycles. The lowest BCUT2D eigenvalue weighted by atomic mass is 9.89. The van der Waals surface area contributed by atoms with Gasteiger partial charge in [-0.15, -0.1) is 0 Å². The largest absolute Gasteiger partial charge is 0.481 e. The third kappa shape index (κ3) is 1.49. The summed E-state index contributed by atoms with van der Waals surface area (Å²) in [4.78, 5) is 25.4. The van der Waals surface area contributed by atoms with E-state index in [1.54, 1.807) is 0 Å². The SMILES string of the molecule is CC1(C)CC1C(=O)N1C2CCC1C(C(=O)O)C2. The van der Waals surface area contributed by atoms with E-state index >= 15 is 0 Å². The fraction of sp³-hybridized carbons (Fsp3) is 0.846. The highest BCUT2D eigenvalue weighted by atomic mass is 16.4. The zero-order valence-corrected chi connectivity index (χ0v) is 10.3. The number of aliphatic carboxylic acids is 1. The molecule has 4 atom stereocenters. The van der Waals surface area contributed by atoms with Gasteiger partial charge in [0.2, 0.25) is 5.91 Å². The van der Waals surface area contributed by atoms with Crippen LogP contribution in [0.25, 0.3) is 0 Å². The summed E-state index contributed by atoms with van der Waals surface area (Å²) in [6.07, 6.45) is 3.49. The van der Waals surface area contributed by atoms with E-state index in [4.69, 9.17) is 5.11 Å². The maximum absolute atomic E-state index is 12.4. The van der Waals surface area contributed by atoms with Crippen molar-refractivity contribution >= 4 is 11.9 Å². The fourth-order valence-electron chi connectivity index (χ4n) is 3.67. The summed E-state index contributed by atoms with van der Waals surface area (Å²) in [7, 11) is 0. The van der Waals surface area contributed by atoms with Gasteiger partial charge in [0, 0.05) is 18.0 Å². The van der Waals surface area contributed by atoms with E-state index in [9.17, 15) is 9.59 Å². The molecule has 2 saturated heterocycles. The number of carboxylic acid groups (broad SMARTS) is 1. The van der Waals surface area contributed by atoms with E-state index < -0.39 is 5.97 Å². The summed E-state index contributed by atoms with van der Waals surface area (Å²) in [5.74, 6) is -0.700. The molecule has 4 nitrogen and oxygen atoms in total. The quantitative estimate of drug-likeness (QED) is 0.791. The summed E-state index contributed by atoms with van der Waals surface area (Å²) in [5, 5.41) is 9.15. The van der Waals surface area contributed by atoms with Crippen LogP contribution < -0.4 is 0 Å². The molecule has 1 amide bonds. The summed E-state index contributed by atoms with van der Waals surface area (Å²) >= 11 is 0. The molecule has 0 aromatic carbocycles. The molecule has 4 unspecified atom stereocenters. The van der Waals surface area contributed by atoms with Gasteiger partial charge in [-0.2, -0.15) is 0 Å². The van der Waals surface area contributed by atoms with Crippen molar-refractivity contribution < 1.29 is 14.7 Å². The molecule has 3 fully saturated rings. The van der Waals surface area contributed by atoms with Crippen LogP contribution in [0.15, 0.2) is 0 Å². The number of carbonyl (C=O) groups excluding carboxylic acids is 1. The standard InChI is InChI=1S/C13H19NO3/c1-13(2)6-9(13)11(15)14-7-3-4-10(14)8(5-7)12(16)17/h7-10H,3-6H2,1-2H3,(H,16,17). The summed E-state index contributed by atoms with van der Waals surface area (Å²) in [6, 6.07) is 0.173. The Labute approximate surface area is 101 Å². The van der Waals surface area contributed by atoms with Crippen LogP contribution in [0, 0.1) is 17.3 Å². The Morgan fingerprint density at radius 2 is 1.94 bits per heavy atom. The Balaban J connectivity index is 1.77. The third-order valence-electron chi connectivity index (χ3n) is 4.92. The summed E-state index contributed by atoms with van der Waals surface area (Å²) in [5.41, 5.74) is 0.137. The Bertz CT molecular complexity index is 390. The van der Waals surface area contributed by atoms with Crippen molar-refractivity contribution in [3.05, 3.63) is 0 Å². The highest BCUT2D eigenvalue weighted by Crippen LogP contribution is 2.55. The molecule has 0 aromatic rings. The van der Waals surface area contributed by atoms with Crippen molar-refractivity contribution in [1.82, 2.24) is 4.90 Å². The Morgan fingerprint density at radius 1 is 1.29 bits per heavy atom. The first-order valence-corrected chi connectivity index (χ1v) is 6.47. The molecule has 1 N–H and O–H groups in total. The minimum Gasteiger partial charge on any atom is -0.481 e. The minimum absolute atomic E-state index is 0.0265. The van der Waals surface area contributed by atoms with Gasteiger partial charge in [0.15, 0.2) is 0 Å². The van der Waals surface area contributed by atoms with Gasteiger partial charge in [-0.25, -0.2) is 0 Å². The van der Waals surface area contributed by atoms with Crippen LogP contribution >= 0.6 is 0 Å². The molecule has 94 valence electrons. The predicted molar refractivity (Wildman–Crippen MR) is 61.3 cm³/mol. The number of carbonyl (C=O) groups is 2. The Kier molecular flexibility index (Phi) is 2.11. The zero-order chi connectivity index (χ0) is 12.4. The van der Waals surface area contributed by atoms with Crippen molar-refractivity contribution in [3.8, 4) is 0 Å². The molecule has 0 spiro atoms. The van der Waals surface area contributed by atoms with Crippen LogP contribution in [0.5, 0.6) is 0 Å². The molecule has 3 rings (SSSR count). The van der Waals surface area contributed by atoms with Crippen LogP contribution in [-0.4, -0.2) is 34.0 Å². The topological polar surface area (TPSA) is 57.6 Å². The average molecular weight is 237 g/mol. The fourth-order valence-corrected chi connectivity index (χ4v) is 3.67. The summed E-state index contributed by atoms with van der Waals surface area (Å²) < 4.78 is 0. The molecule has 1 aliphatic carbocycles. The molecule has 3 aliphatic rings. The number of rotatable bonds is 2. The van der Waals surface area contributed by atoms with Crippen LogP contribution in [0.1, 0.15) is 39.5 Å². The Morgan fingerprint density at radius 3 is 2.41 bits per heavy atom. The molecule has 1 saturated carbocycles. The number of carboxylic acids is 1. The highest BCUT2D eigenvalue weighted by Gasteiger charge is 2.58. The van der Waals surface area contributed by atoms with E-state index in [1.165, 1.54) is 0 Å². The second-order valence-corrected chi connectivity index (χ2v) is 6.47. The average Bonchev–Trinajstić information content (AvgIpc) is 2.64. The van der Waals surface area contributed by atoms with Crippen LogP contribution in [0.2, 0.25) is 0 Å². The van der Waals surface area contributed by atoms with Crippen molar-refractivity contribution in [2.45, 2.75) is 51.6 Å². The smallest absolute Gasteiger partial charge is 0.308 e. The number of hydrogen-bond acceptors (Lipinski definition) is 2. The lowest BCUT2D eigenvalue weighted by molar-refractivity contribution is -0.143. The number of nitrogens with zero attached hydrogens (tertiary/aromatic N) is 1. The molecule has 2 bridgehead atoms. The molecule has 0 radical (unpaired) electrons. The predicted octanol–water partition coefficient (Wildman–Crippen LogP) is 1.50. The Hall–Kier alpha value is -1.06. The van der Waals surface area contributed by atoms with Crippen LogP contribution in [0.4, 0.5) is 0 Å². The van der Waals surface area contributed by atoms with Gasteiger partial charge in [-0.3, -0.25) is 9.59 Å². The van der Waals surface area contributed by atoms with Crippen molar-refractivity contribution in [2.24, 2.45) is 17.3 Å². The van der Waals surface area contributed by atoms with Crippen molar-refractivity contribution in [2.75, 3.05) is 0 Å². The van der Waals surface area contributed by atoms with Gasteiger partial charge < -0.3 is 10.0 Å². The minimum atomic E-state index is -0.731. The van der Waals surface area contributed by atoms with Crippen LogP contribution in [0.3, 0.4) is 0 Å². The molecule has 2 aliphatic heterocycles. The molecule has 2 heterocycles. The van der Waals surface area contributed by atoms with Crippen LogP contribution in [-0.2, 0) is 9.59 Å². The monoisotopic (exact) mass is 237 g/mol. The van der Waals surface area contributed by atoms with Gasteiger partial charge in [-0.1, -0.05) is 13.8 Å². The zero-order valence-electron chi connectivity index (χ0n) is 10.3. The van der Waals surface area contributed by atoms with Crippen molar-refractivity contribution in [3.63, 3.8) is 0 Å². The van der Waals surface area contributed by atoms with Crippen molar-refractivity contribution in [1.29, 1.82) is 0 Å². The number of hydrogen-bond donors (Lipinski definition) is 1. The third-order valence-corrected chi connectivity index (χ3v) is 4.92. The van der Waals surface area contributed by atoms with Gasteiger partial charge in [0.1, 0.15) is 0 Å². The lowest BCUT2D eigenvalue weighted by Crippen LogP contribution is -2.39. The maximum atomic E-state index is 12.4. The molecular formula is C13H19NO3. The van der Waals surface area contributed by atoms with E-state index in [1.807, 2.05) is 4.90 Å². The van der Waals surface area contributed by atoms with E-state index in [-0.39, 0.29) is 35.2 Å². The second-order valence-electron chi connectivity index (χ2n) is 6.47. The highest BCUT2D eigenvalue weighted by molar-refractivity contribution is 5.85. The van der Waals surface area contributed by atoms with Gasteiger partial charge >= 0.3 is 5.97 Å². The molecule has 4 heteroatoms. The van der Waals surface area contributed by atoms with E-state index in [2.05, 4.69) is 13.8 Å². The number of fused-ring (bicyclic) bond motifs is 2. The number of amides is 1. The van der Waals surface area contributed by atoms with E-state index in [0.29, 0.717) is 6.42 Å². The molecular weight excluding hydrogens is 218 g/mol. The molecule has 17 heavy (non-hydrogen) atoms. The first-order valence-electron chi connectivity index (χ1n) is 6.47. The summed E-state index contributed by atoms with van der Waals surface area (Å²) in [6.45, 7) is 4.23. The second kappa shape index (κ2) is 3.24. The van der Waals surface area contributed by atoms with Gasteiger partial charge in [0.05, 0.1) is 5.92 Å². The lowest BCUT2D eigenvalue weighted by Gasteiger charge is -2.23. The van der Waals surface area contributed by atoms with Gasteiger partial charge in [-0.05, 0) is 31.1 Å². The first kappa shape index (κ1) is 11.1. The normalized spacial score (nSPS) is 41.6. The first-order chi connectivity index (χ1) is 7.92.